The predicted octanol–water partition coefficient (Wildman–Crippen LogP) is 4.34. The summed E-state index contributed by atoms with van der Waals surface area (Å²) < 4.78 is 16.7. The first-order valence-electron chi connectivity index (χ1n) is 10.8. The van der Waals surface area contributed by atoms with Crippen LogP contribution in [0.25, 0.3) is 22.2 Å². The van der Waals surface area contributed by atoms with E-state index in [1.54, 1.807) is 18.2 Å². The minimum absolute atomic E-state index is 0.215. The zero-order valence-electron chi connectivity index (χ0n) is 18.2. The number of H-pyrrole nitrogens is 1. The number of rotatable bonds is 5. The maximum Gasteiger partial charge on any atom is 0.410 e. The average molecular weight is 444 g/mol. The van der Waals surface area contributed by atoms with Gasteiger partial charge in [0, 0.05) is 11.9 Å². The SMILES string of the molecule is COc1nc2ccccc2cc1-c1cnc(C2COCCN2C(=O)OCc2ccccc2)[nH]1. The summed E-state index contributed by atoms with van der Waals surface area (Å²) in [6.07, 6.45) is 1.33. The molecule has 4 aromatic rings. The quantitative estimate of drug-likeness (QED) is 0.492. The Labute approximate surface area is 191 Å². The topological polar surface area (TPSA) is 89.6 Å². The van der Waals surface area contributed by atoms with Crippen LogP contribution >= 0.6 is 0 Å². The summed E-state index contributed by atoms with van der Waals surface area (Å²) in [5.41, 5.74) is 3.34. The van der Waals surface area contributed by atoms with E-state index in [0.29, 0.717) is 31.5 Å². The number of pyridine rings is 1. The fraction of sp³-hybridized carbons (Fsp3) is 0.240. The van der Waals surface area contributed by atoms with Gasteiger partial charge in [-0.2, -0.15) is 0 Å². The number of nitrogens with zero attached hydrogens (tertiary/aromatic N) is 3. The molecule has 2 aromatic heterocycles. The number of carbonyl (C=O) groups excluding carboxylic acids is 1. The molecule has 3 heterocycles. The number of hydrogen-bond acceptors (Lipinski definition) is 6. The molecule has 8 nitrogen and oxygen atoms in total. The van der Waals surface area contributed by atoms with Gasteiger partial charge in [0.05, 0.1) is 43.3 Å². The van der Waals surface area contributed by atoms with E-state index in [0.717, 1.165) is 27.7 Å². The fourth-order valence-corrected chi connectivity index (χ4v) is 3.94. The number of carbonyl (C=O) groups is 1. The van der Waals surface area contributed by atoms with Crippen molar-refractivity contribution in [3.8, 4) is 17.1 Å². The van der Waals surface area contributed by atoms with Gasteiger partial charge < -0.3 is 19.2 Å². The third-order valence-electron chi connectivity index (χ3n) is 5.65. The smallest absolute Gasteiger partial charge is 0.410 e. The predicted molar refractivity (Wildman–Crippen MR) is 123 cm³/mol. The highest BCUT2D eigenvalue weighted by Gasteiger charge is 2.32. The molecule has 1 unspecified atom stereocenters. The number of amides is 1. The van der Waals surface area contributed by atoms with Crippen LogP contribution in [0, 0.1) is 0 Å². The standard InChI is InChI=1S/C25H24N4O4/c1-31-24-19(13-18-9-5-6-10-20(18)28-24)21-14-26-23(27-21)22-16-32-12-11-29(22)25(30)33-15-17-7-3-2-4-8-17/h2-10,13-14,22H,11-12,15-16H2,1H3,(H,26,27). The molecule has 0 aliphatic carbocycles. The molecule has 0 spiro atoms. The van der Waals surface area contributed by atoms with Crippen molar-refractivity contribution in [1.82, 2.24) is 19.9 Å². The molecular formula is C25H24N4O4. The minimum Gasteiger partial charge on any atom is -0.480 e. The van der Waals surface area contributed by atoms with Crippen molar-refractivity contribution >= 4 is 17.0 Å². The number of benzene rings is 2. The van der Waals surface area contributed by atoms with E-state index in [9.17, 15) is 4.79 Å². The molecule has 1 atom stereocenters. The number of hydrogen-bond donors (Lipinski definition) is 1. The summed E-state index contributed by atoms with van der Waals surface area (Å²) in [5.74, 6) is 1.12. The van der Waals surface area contributed by atoms with Gasteiger partial charge in [0.2, 0.25) is 5.88 Å². The molecule has 5 rings (SSSR count). The van der Waals surface area contributed by atoms with E-state index in [1.807, 2.05) is 60.7 Å². The summed E-state index contributed by atoms with van der Waals surface area (Å²) in [7, 11) is 1.59. The monoisotopic (exact) mass is 444 g/mol. The van der Waals surface area contributed by atoms with Gasteiger partial charge in [0.15, 0.2) is 0 Å². The highest BCUT2D eigenvalue weighted by atomic mass is 16.6. The van der Waals surface area contributed by atoms with E-state index in [1.165, 1.54) is 0 Å². The molecule has 168 valence electrons. The molecule has 8 heteroatoms. The van der Waals surface area contributed by atoms with Gasteiger partial charge in [-0.1, -0.05) is 48.5 Å². The number of fused-ring (bicyclic) bond motifs is 1. The first-order valence-corrected chi connectivity index (χ1v) is 10.8. The number of para-hydroxylation sites is 1. The van der Waals surface area contributed by atoms with E-state index in [-0.39, 0.29) is 12.6 Å². The Morgan fingerprint density at radius 2 is 2.00 bits per heavy atom. The van der Waals surface area contributed by atoms with Crippen LogP contribution in [0.2, 0.25) is 0 Å². The Hall–Kier alpha value is -3.91. The summed E-state index contributed by atoms with van der Waals surface area (Å²) in [6.45, 7) is 1.43. The lowest BCUT2D eigenvalue weighted by molar-refractivity contribution is -0.0139. The Bertz CT molecular complexity index is 1260. The molecule has 0 radical (unpaired) electrons. The van der Waals surface area contributed by atoms with Crippen molar-refractivity contribution < 1.29 is 19.0 Å². The van der Waals surface area contributed by atoms with Crippen LogP contribution < -0.4 is 4.74 Å². The van der Waals surface area contributed by atoms with Crippen molar-refractivity contribution in [3.05, 3.63) is 78.2 Å². The van der Waals surface area contributed by atoms with Crippen LogP contribution in [0.3, 0.4) is 0 Å². The number of methoxy groups -OCH3 is 1. The van der Waals surface area contributed by atoms with E-state index >= 15 is 0 Å². The molecule has 1 amide bonds. The van der Waals surface area contributed by atoms with Gasteiger partial charge in [-0.25, -0.2) is 14.8 Å². The van der Waals surface area contributed by atoms with Gasteiger partial charge in [0.1, 0.15) is 18.5 Å². The lowest BCUT2D eigenvalue weighted by atomic mass is 10.1. The number of ether oxygens (including phenoxy) is 3. The van der Waals surface area contributed by atoms with Crippen molar-refractivity contribution in [2.45, 2.75) is 12.6 Å². The van der Waals surface area contributed by atoms with Crippen molar-refractivity contribution in [3.63, 3.8) is 0 Å². The van der Waals surface area contributed by atoms with E-state index in [4.69, 9.17) is 14.2 Å². The first-order chi connectivity index (χ1) is 16.2. The van der Waals surface area contributed by atoms with Gasteiger partial charge >= 0.3 is 6.09 Å². The Balaban J connectivity index is 1.38. The van der Waals surface area contributed by atoms with Gasteiger partial charge in [-0.05, 0) is 17.7 Å². The molecule has 1 saturated heterocycles. The molecule has 1 fully saturated rings. The number of aromatic nitrogens is 3. The maximum absolute atomic E-state index is 12.9. The average Bonchev–Trinajstić information content (AvgIpc) is 3.37. The lowest BCUT2D eigenvalue weighted by Gasteiger charge is -2.33. The van der Waals surface area contributed by atoms with Gasteiger partial charge in [-0.3, -0.25) is 4.90 Å². The van der Waals surface area contributed by atoms with E-state index < -0.39 is 6.09 Å². The molecule has 1 aliphatic heterocycles. The molecular weight excluding hydrogens is 420 g/mol. The second kappa shape index (κ2) is 9.30. The largest absolute Gasteiger partial charge is 0.480 e. The Morgan fingerprint density at radius 1 is 1.18 bits per heavy atom. The van der Waals surface area contributed by atoms with Crippen LogP contribution in [0.4, 0.5) is 4.79 Å². The van der Waals surface area contributed by atoms with Crippen LogP contribution in [-0.2, 0) is 16.1 Å². The molecule has 2 aromatic carbocycles. The van der Waals surface area contributed by atoms with E-state index in [2.05, 4.69) is 15.0 Å². The number of nitrogens with one attached hydrogen (secondary N) is 1. The first kappa shape index (κ1) is 21.0. The lowest BCUT2D eigenvalue weighted by Crippen LogP contribution is -2.44. The normalized spacial score (nSPS) is 16.0. The van der Waals surface area contributed by atoms with Crippen LogP contribution in [0.1, 0.15) is 17.4 Å². The third-order valence-corrected chi connectivity index (χ3v) is 5.65. The minimum atomic E-state index is -0.393. The summed E-state index contributed by atoms with van der Waals surface area (Å²) in [5, 5.41) is 0.997. The fourth-order valence-electron chi connectivity index (χ4n) is 3.94. The molecule has 0 saturated carbocycles. The molecule has 1 aliphatic rings. The number of imidazole rings is 1. The molecule has 1 N–H and O–H groups in total. The van der Waals surface area contributed by atoms with Gasteiger partial charge in [0.25, 0.3) is 0 Å². The highest BCUT2D eigenvalue weighted by Crippen LogP contribution is 2.32. The summed E-state index contributed by atoms with van der Waals surface area (Å²) in [6, 6.07) is 19.1. The van der Waals surface area contributed by atoms with Gasteiger partial charge in [-0.15, -0.1) is 0 Å². The number of aromatic amines is 1. The van der Waals surface area contributed by atoms with Crippen molar-refractivity contribution in [1.29, 1.82) is 0 Å². The third kappa shape index (κ3) is 4.38. The van der Waals surface area contributed by atoms with Crippen molar-refractivity contribution in [2.24, 2.45) is 0 Å². The Morgan fingerprint density at radius 3 is 2.85 bits per heavy atom. The maximum atomic E-state index is 12.9. The highest BCUT2D eigenvalue weighted by molar-refractivity contribution is 5.85. The van der Waals surface area contributed by atoms with Crippen LogP contribution in [0.15, 0.2) is 66.9 Å². The zero-order chi connectivity index (χ0) is 22.6. The molecule has 33 heavy (non-hydrogen) atoms. The second-order valence-corrected chi connectivity index (χ2v) is 7.74. The number of morpholine rings is 1. The van der Waals surface area contributed by atoms with Crippen molar-refractivity contribution in [2.75, 3.05) is 26.9 Å². The Kier molecular flexibility index (Phi) is 5.91. The van der Waals surface area contributed by atoms with Crippen LogP contribution in [0.5, 0.6) is 5.88 Å². The summed E-state index contributed by atoms with van der Waals surface area (Å²) in [4.78, 5) is 27.0. The second-order valence-electron chi connectivity index (χ2n) is 7.74. The molecule has 0 bridgehead atoms. The van der Waals surface area contributed by atoms with Crippen LogP contribution in [-0.4, -0.2) is 52.8 Å². The zero-order valence-corrected chi connectivity index (χ0v) is 18.2. The summed E-state index contributed by atoms with van der Waals surface area (Å²) >= 11 is 0.